The topological polar surface area (TPSA) is 9.23 Å². The van der Waals surface area contributed by atoms with Crippen molar-refractivity contribution in [2.24, 2.45) is 0 Å². The first-order chi connectivity index (χ1) is 7.23. The van der Waals surface area contributed by atoms with E-state index in [9.17, 15) is 0 Å². The molecule has 0 bridgehead atoms. The molecule has 1 aromatic carbocycles. The van der Waals surface area contributed by atoms with Gasteiger partial charge in [-0.15, -0.1) is 0 Å². The fraction of sp³-hybridized carbons (Fsp3) is 0.571. The summed E-state index contributed by atoms with van der Waals surface area (Å²) in [5, 5.41) is 0. The van der Waals surface area contributed by atoms with Gasteiger partial charge in [0.05, 0.1) is 6.61 Å². The molecule has 0 aromatic heterocycles. The molecule has 1 saturated heterocycles. The second kappa shape index (κ2) is 3.08. The van der Waals surface area contributed by atoms with Gasteiger partial charge in [0, 0.05) is 12.0 Å². The Morgan fingerprint density at radius 3 is 2.67 bits per heavy atom. The second-order valence-electron chi connectivity index (χ2n) is 5.14. The molecule has 1 spiro atoms. The summed E-state index contributed by atoms with van der Waals surface area (Å²) in [6, 6.07) is 4.54. The summed E-state index contributed by atoms with van der Waals surface area (Å²) in [5.74, 6) is 0. The lowest BCUT2D eigenvalue weighted by molar-refractivity contribution is 0.177. The van der Waals surface area contributed by atoms with Crippen LogP contribution in [-0.4, -0.2) is 13.2 Å². The number of ether oxygens (including phenoxy) is 1. The Hall–Kier alpha value is -0.820. The molecule has 1 unspecified atom stereocenters. The Labute approximate surface area is 91.5 Å². The lowest BCUT2D eigenvalue weighted by atomic mass is 9.79. The van der Waals surface area contributed by atoms with Crippen molar-refractivity contribution in [2.75, 3.05) is 13.2 Å². The second-order valence-corrected chi connectivity index (χ2v) is 5.14. The molecule has 1 aliphatic heterocycles. The summed E-state index contributed by atoms with van der Waals surface area (Å²) >= 11 is 0. The van der Waals surface area contributed by atoms with Gasteiger partial charge in [0.1, 0.15) is 0 Å². The Balaban J connectivity index is 2.20. The largest absolute Gasteiger partial charge is 0.380 e. The van der Waals surface area contributed by atoms with E-state index in [-0.39, 0.29) is 0 Å². The highest BCUT2D eigenvalue weighted by molar-refractivity contribution is 5.49. The van der Waals surface area contributed by atoms with Crippen molar-refractivity contribution in [1.82, 2.24) is 0 Å². The molecule has 0 amide bonds. The molecular weight excluding hydrogens is 184 g/mol. The van der Waals surface area contributed by atoms with Crippen LogP contribution in [-0.2, 0) is 16.6 Å². The van der Waals surface area contributed by atoms with Crippen molar-refractivity contribution in [3.8, 4) is 0 Å². The molecular formula is C14H18O. The summed E-state index contributed by atoms with van der Waals surface area (Å²) < 4.78 is 5.63. The fourth-order valence-corrected chi connectivity index (χ4v) is 3.42. The van der Waals surface area contributed by atoms with Crippen LogP contribution in [0, 0.1) is 13.8 Å². The van der Waals surface area contributed by atoms with Crippen LogP contribution < -0.4 is 0 Å². The highest BCUT2D eigenvalue weighted by Gasteiger charge is 2.43. The van der Waals surface area contributed by atoms with Gasteiger partial charge in [-0.05, 0) is 55.4 Å². The number of hydrogen-bond acceptors (Lipinski definition) is 1. The molecule has 1 nitrogen and oxygen atoms in total. The minimum atomic E-state index is 0.380. The molecule has 1 heteroatoms. The van der Waals surface area contributed by atoms with Gasteiger partial charge < -0.3 is 4.74 Å². The van der Waals surface area contributed by atoms with Gasteiger partial charge in [-0.3, -0.25) is 0 Å². The van der Waals surface area contributed by atoms with Crippen molar-refractivity contribution < 1.29 is 4.74 Å². The third-order valence-electron chi connectivity index (χ3n) is 4.24. The van der Waals surface area contributed by atoms with Crippen LogP contribution in [0.25, 0.3) is 0 Å². The molecule has 0 N–H and O–H groups in total. The molecule has 80 valence electrons. The van der Waals surface area contributed by atoms with Crippen LogP contribution in [0.1, 0.15) is 35.1 Å². The molecule has 0 saturated carbocycles. The van der Waals surface area contributed by atoms with Crippen LogP contribution in [0.3, 0.4) is 0 Å². The first-order valence-corrected chi connectivity index (χ1v) is 5.90. The van der Waals surface area contributed by atoms with Crippen LogP contribution in [0.2, 0.25) is 0 Å². The molecule has 1 aliphatic carbocycles. The van der Waals surface area contributed by atoms with Crippen molar-refractivity contribution in [1.29, 1.82) is 0 Å². The highest BCUT2D eigenvalue weighted by Crippen LogP contribution is 2.46. The molecule has 1 atom stereocenters. The van der Waals surface area contributed by atoms with E-state index in [2.05, 4.69) is 26.0 Å². The predicted molar refractivity (Wildman–Crippen MR) is 61.4 cm³/mol. The minimum absolute atomic E-state index is 0.380. The standard InChI is InChI=1S/C14H18O/c1-10-3-4-11(2)13-12(10)5-6-14(13)7-8-15-9-14/h3-4H,5-9H2,1-2H3. The zero-order valence-electron chi connectivity index (χ0n) is 9.60. The third-order valence-corrected chi connectivity index (χ3v) is 4.24. The minimum Gasteiger partial charge on any atom is -0.380 e. The molecule has 3 rings (SSSR count). The maximum atomic E-state index is 5.63. The van der Waals surface area contributed by atoms with Gasteiger partial charge in [-0.1, -0.05) is 12.1 Å². The van der Waals surface area contributed by atoms with Crippen LogP contribution >= 0.6 is 0 Å². The lowest BCUT2D eigenvalue weighted by Gasteiger charge is -2.24. The molecule has 2 aliphatic rings. The van der Waals surface area contributed by atoms with E-state index < -0.39 is 0 Å². The Kier molecular flexibility index (Phi) is 1.93. The van der Waals surface area contributed by atoms with Gasteiger partial charge in [0.25, 0.3) is 0 Å². The summed E-state index contributed by atoms with van der Waals surface area (Å²) in [6.45, 7) is 6.40. The maximum absolute atomic E-state index is 5.63. The van der Waals surface area contributed by atoms with E-state index in [0.717, 1.165) is 13.2 Å². The average Bonchev–Trinajstić information content (AvgIpc) is 2.83. The number of hydrogen-bond donors (Lipinski definition) is 0. The van der Waals surface area contributed by atoms with Crippen molar-refractivity contribution in [2.45, 2.75) is 38.5 Å². The molecule has 1 heterocycles. The number of rotatable bonds is 0. The van der Waals surface area contributed by atoms with Crippen LogP contribution in [0.5, 0.6) is 0 Å². The smallest absolute Gasteiger partial charge is 0.0564 e. The zero-order valence-corrected chi connectivity index (χ0v) is 9.60. The van der Waals surface area contributed by atoms with E-state index >= 15 is 0 Å². The Bertz CT molecular complexity index is 400. The quantitative estimate of drug-likeness (QED) is 0.628. The first kappa shape index (κ1) is 9.41. The summed E-state index contributed by atoms with van der Waals surface area (Å²) in [6.07, 6.45) is 3.78. The lowest BCUT2D eigenvalue weighted by Crippen LogP contribution is -2.23. The SMILES string of the molecule is Cc1ccc(C)c2c1CCC21CCOC1. The van der Waals surface area contributed by atoms with Crippen LogP contribution in [0.15, 0.2) is 12.1 Å². The van der Waals surface area contributed by atoms with E-state index in [0.29, 0.717) is 5.41 Å². The highest BCUT2D eigenvalue weighted by atomic mass is 16.5. The average molecular weight is 202 g/mol. The monoisotopic (exact) mass is 202 g/mol. The summed E-state index contributed by atoms with van der Waals surface area (Å²) in [4.78, 5) is 0. The molecule has 0 radical (unpaired) electrons. The first-order valence-electron chi connectivity index (χ1n) is 5.90. The van der Waals surface area contributed by atoms with Crippen molar-refractivity contribution in [3.05, 3.63) is 34.4 Å². The van der Waals surface area contributed by atoms with E-state index in [1.54, 1.807) is 11.1 Å². The van der Waals surface area contributed by atoms with Crippen LogP contribution in [0.4, 0.5) is 0 Å². The predicted octanol–water partition coefficient (Wildman–Crippen LogP) is 2.91. The fourth-order valence-electron chi connectivity index (χ4n) is 3.42. The molecule has 1 fully saturated rings. The van der Waals surface area contributed by atoms with E-state index in [1.807, 2.05) is 0 Å². The van der Waals surface area contributed by atoms with Crippen molar-refractivity contribution >= 4 is 0 Å². The van der Waals surface area contributed by atoms with Gasteiger partial charge in [0.2, 0.25) is 0 Å². The number of benzene rings is 1. The van der Waals surface area contributed by atoms with E-state index in [1.165, 1.54) is 30.4 Å². The molecule has 15 heavy (non-hydrogen) atoms. The van der Waals surface area contributed by atoms with Crippen molar-refractivity contribution in [3.63, 3.8) is 0 Å². The molecule has 1 aromatic rings. The Morgan fingerprint density at radius 2 is 1.93 bits per heavy atom. The number of aryl methyl sites for hydroxylation is 2. The zero-order chi connectivity index (χ0) is 10.5. The van der Waals surface area contributed by atoms with E-state index in [4.69, 9.17) is 4.74 Å². The van der Waals surface area contributed by atoms with Gasteiger partial charge in [-0.25, -0.2) is 0 Å². The summed E-state index contributed by atoms with van der Waals surface area (Å²) in [7, 11) is 0. The summed E-state index contributed by atoms with van der Waals surface area (Å²) in [5.41, 5.74) is 6.56. The third kappa shape index (κ3) is 1.19. The maximum Gasteiger partial charge on any atom is 0.0564 e. The normalized spacial score (nSPS) is 28.7. The Morgan fingerprint density at radius 1 is 1.13 bits per heavy atom. The van der Waals surface area contributed by atoms with Gasteiger partial charge in [-0.2, -0.15) is 0 Å². The van der Waals surface area contributed by atoms with Gasteiger partial charge in [0.15, 0.2) is 0 Å². The van der Waals surface area contributed by atoms with Gasteiger partial charge >= 0.3 is 0 Å². The number of fused-ring (bicyclic) bond motifs is 2.